The lowest BCUT2D eigenvalue weighted by molar-refractivity contribution is 0.313. The van der Waals surface area contributed by atoms with Crippen LogP contribution in [0.2, 0.25) is 0 Å². The van der Waals surface area contributed by atoms with Crippen LogP contribution >= 0.6 is 15.9 Å². The fraction of sp³-hybridized carbons (Fsp3) is 0.273. The van der Waals surface area contributed by atoms with Gasteiger partial charge in [-0.05, 0) is 25.1 Å². The molecular weight excluding hydrogens is 306 g/mol. The van der Waals surface area contributed by atoms with Crippen LogP contribution in [0.1, 0.15) is 13.3 Å². The second kappa shape index (κ2) is 5.66. The summed E-state index contributed by atoms with van der Waals surface area (Å²) in [5.41, 5.74) is 0.972. The smallest absolute Gasteiger partial charge is 0.241 e. The number of ether oxygens (including phenoxy) is 1. The van der Waals surface area contributed by atoms with E-state index in [0.29, 0.717) is 17.5 Å². The molecule has 0 fully saturated rings. The molecule has 0 aliphatic heterocycles. The number of nitrogens with two attached hydrogens (primary N) is 1. The summed E-state index contributed by atoms with van der Waals surface area (Å²) in [6, 6.07) is 4.69. The number of sulfonamides is 1. The van der Waals surface area contributed by atoms with E-state index >= 15 is 0 Å². The molecule has 0 aliphatic carbocycles. The van der Waals surface area contributed by atoms with Crippen LogP contribution in [0.5, 0.6) is 5.75 Å². The van der Waals surface area contributed by atoms with E-state index in [1.807, 2.05) is 6.92 Å². The zero-order chi connectivity index (χ0) is 13.1. The van der Waals surface area contributed by atoms with Crippen molar-refractivity contribution >= 4 is 26.0 Å². The standard InChI is InChI=1S/C11H14BrNO3S/c1-8(2)5-6-16-10-4-3-9(12)7-11(10)17(13,14)15/h3-4,7H,1,5-6H2,2H3,(H2,13,14,15). The van der Waals surface area contributed by atoms with Gasteiger partial charge in [0.1, 0.15) is 10.6 Å². The number of halogens is 1. The highest BCUT2D eigenvalue weighted by molar-refractivity contribution is 9.10. The van der Waals surface area contributed by atoms with Crippen molar-refractivity contribution in [2.24, 2.45) is 5.14 Å². The first kappa shape index (κ1) is 14.2. The quantitative estimate of drug-likeness (QED) is 0.847. The van der Waals surface area contributed by atoms with Crippen LogP contribution in [-0.2, 0) is 10.0 Å². The van der Waals surface area contributed by atoms with Gasteiger partial charge in [-0.25, -0.2) is 13.6 Å². The van der Waals surface area contributed by atoms with Gasteiger partial charge in [0, 0.05) is 10.9 Å². The molecule has 0 saturated heterocycles. The molecule has 0 heterocycles. The second-order valence-corrected chi connectivity index (χ2v) is 6.14. The highest BCUT2D eigenvalue weighted by Crippen LogP contribution is 2.26. The maximum absolute atomic E-state index is 11.4. The first-order valence-corrected chi connectivity index (χ1v) is 7.24. The molecule has 4 nitrogen and oxygen atoms in total. The molecular formula is C11H14BrNO3S. The van der Waals surface area contributed by atoms with Crippen LogP contribution < -0.4 is 9.88 Å². The van der Waals surface area contributed by atoms with Crippen molar-refractivity contribution in [1.29, 1.82) is 0 Å². The Bertz CT molecular complexity index is 526. The lowest BCUT2D eigenvalue weighted by atomic mass is 10.2. The molecule has 0 unspecified atom stereocenters. The molecule has 17 heavy (non-hydrogen) atoms. The van der Waals surface area contributed by atoms with Gasteiger partial charge in [-0.15, -0.1) is 6.58 Å². The Labute approximate surface area is 110 Å². The summed E-state index contributed by atoms with van der Waals surface area (Å²) in [5.74, 6) is 0.261. The summed E-state index contributed by atoms with van der Waals surface area (Å²) in [6.45, 7) is 6.00. The van der Waals surface area contributed by atoms with Gasteiger partial charge in [0.25, 0.3) is 0 Å². The summed E-state index contributed by atoms with van der Waals surface area (Å²) in [4.78, 5) is -0.0198. The number of rotatable bonds is 5. The van der Waals surface area contributed by atoms with Crippen molar-refractivity contribution in [3.63, 3.8) is 0 Å². The average molecular weight is 320 g/mol. The predicted molar refractivity (Wildman–Crippen MR) is 70.4 cm³/mol. The van der Waals surface area contributed by atoms with Crippen molar-refractivity contribution in [3.8, 4) is 5.75 Å². The van der Waals surface area contributed by atoms with E-state index < -0.39 is 10.0 Å². The maximum atomic E-state index is 11.4. The molecule has 6 heteroatoms. The van der Waals surface area contributed by atoms with Gasteiger partial charge in [-0.1, -0.05) is 21.5 Å². The van der Waals surface area contributed by atoms with Crippen LogP contribution in [0.15, 0.2) is 39.7 Å². The topological polar surface area (TPSA) is 69.4 Å². The van der Waals surface area contributed by atoms with Gasteiger partial charge < -0.3 is 4.74 Å². The summed E-state index contributed by atoms with van der Waals surface area (Å²) < 4.78 is 28.7. The van der Waals surface area contributed by atoms with Crippen molar-refractivity contribution in [2.45, 2.75) is 18.2 Å². The van der Waals surface area contributed by atoms with Crippen LogP contribution in [0, 0.1) is 0 Å². The van der Waals surface area contributed by atoms with Crippen LogP contribution in [-0.4, -0.2) is 15.0 Å². The third-order valence-corrected chi connectivity index (χ3v) is 3.42. The van der Waals surface area contributed by atoms with Crippen molar-refractivity contribution in [2.75, 3.05) is 6.61 Å². The normalized spacial score (nSPS) is 11.2. The first-order valence-electron chi connectivity index (χ1n) is 4.90. The minimum Gasteiger partial charge on any atom is -0.492 e. The second-order valence-electron chi connectivity index (χ2n) is 3.69. The zero-order valence-electron chi connectivity index (χ0n) is 9.44. The molecule has 1 aromatic carbocycles. The van der Waals surface area contributed by atoms with Crippen LogP contribution in [0.3, 0.4) is 0 Å². The summed E-state index contributed by atoms with van der Waals surface area (Å²) in [6.07, 6.45) is 0.667. The molecule has 0 aromatic heterocycles. The maximum Gasteiger partial charge on any atom is 0.241 e. The third-order valence-electron chi connectivity index (χ3n) is 2.00. The lowest BCUT2D eigenvalue weighted by Crippen LogP contribution is -2.14. The monoisotopic (exact) mass is 319 g/mol. The number of hydrogen-bond donors (Lipinski definition) is 1. The highest BCUT2D eigenvalue weighted by atomic mass is 79.9. The Morgan fingerprint density at radius 1 is 1.53 bits per heavy atom. The Balaban J connectivity index is 2.95. The molecule has 0 saturated carbocycles. The zero-order valence-corrected chi connectivity index (χ0v) is 11.8. The predicted octanol–water partition coefficient (Wildman–Crippen LogP) is 2.44. The molecule has 0 radical (unpaired) electrons. The van der Waals surface area contributed by atoms with E-state index in [4.69, 9.17) is 9.88 Å². The van der Waals surface area contributed by atoms with E-state index in [1.54, 1.807) is 12.1 Å². The Kier molecular flexibility index (Phi) is 4.73. The van der Waals surface area contributed by atoms with Gasteiger partial charge in [-0.3, -0.25) is 0 Å². The van der Waals surface area contributed by atoms with Crippen molar-refractivity contribution in [1.82, 2.24) is 0 Å². The Morgan fingerprint density at radius 3 is 2.71 bits per heavy atom. The molecule has 1 rings (SSSR count). The van der Waals surface area contributed by atoms with Gasteiger partial charge in [0.05, 0.1) is 6.61 Å². The number of primary sulfonamides is 1. The summed E-state index contributed by atoms with van der Waals surface area (Å²) in [7, 11) is -3.78. The molecule has 0 atom stereocenters. The highest BCUT2D eigenvalue weighted by Gasteiger charge is 2.15. The SMILES string of the molecule is C=C(C)CCOc1ccc(Br)cc1S(N)(=O)=O. The largest absolute Gasteiger partial charge is 0.492 e. The number of benzene rings is 1. The molecule has 0 bridgehead atoms. The fourth-order valence-corrected chi connectivity index (χ4v) is 2.37. The van der Waals surface area contributed by atoms with E-state index in [1.165, 1.54) is 6.07 Å². The average Bonchev–Trinajstić information content (AvgIpc) is 2.18. The van der Waals surface area contributed by atoms with Gasteiger partial charge in [0.2, 0.25) is 10.0 Å². The molecule has 94 valence electrons. The van der Waals surface area contributed by atoms with E-state index in [-0.39, 0.29) is 10.6 Å². The molecule has 2 N–H and O–H groups in total. The van der Waals surface area contributed by atoms with Crippen molar-refractivity contribution < 1.29 is 13.2 Å². The molecule has 1 aromatic rings. The van der Waals surface area contributed by atoms with E-state index in [0.717, 1.165) is 5.57 Å². The van der Waals surface area contributed by atoms with Crippen LogP contribution in [0.4, 0.5) is 0 Å². The lowest BCUT2D eigenvalue weighted by Gasteiger charge is -2.10. The van der Waals surface area contributed by atoms with Gasteiger partial charge in [0.15, 0.2) is 0 Å². The van der Waals surface area contributed by atoms with Gasteiger partial charge in [-0.2, -0.15) is 0 Å². The fourth-order valence-electron chi connectivity index (χ4n) is 1.16. The Morgan fingerprint density at radius 2 is 2.18 bits per heavy atom. The summed E-state index contributed by atoms with van der Waals surface area (Å²) in [5, 5.41) is 5.11. The van der Waals surface area contributed by atoms with Gasteiger partial charge >= 0.3 is 0 Å². The molecule has 0 amide bonds. The molecule has 0 aliphatic rings. The molecule has 0 spiro atoms. The third kappa shape index (κ3) is 4.49. The van der Waals surface area contributed by atoms with E-state index in [2.05, 4.69) is 22.5 Å². The number of hydrogen-bond acceptors (Lipinski definition) is 3. The summed E-state index contributed by atoms with van der Waals surface area (Å²) >= 11 is 3.19. The van der Waals surface area contributed by atoms with Crippen molar-refractivity contribution in [3.05, 3.63) is 34.8 Å². The minimum atomic E-state index is -3.78. The Hall–Kier alpha value is -0.850. The van der Waals surface area contributed by atoms with Crippen LogP contribution in [0.25, 0.3) is 0 Å². The minimum absolute atomic E-state index is 0.0198. The first-order chi connectivity index (χ1) is 7.80. The van der Waals surface area contributed by atoms with E-state index in [9.17, 15) is 8.42 Å².